The van der Waals surface area contributed by atoms with Crippen molar-refractivity contribution in [1.82, 2.24) is 19.8 Å². The summed E-state index contributed by atoms with van der Waals surface area (Å²) < 4.78 is 0. The van der Waals surface area contributed by atoms with Crippen molar-refractivity contribution in [3.05, 3.63) is 102 Å². The van der Waals surface area contributed by atoms with Crippen molar-refractivity contribution >= 4 is 30.6 Å². The number of aliphatic imine (C=N–C) groups is 1. The number of fused-ring (bicyclic) bond motifs is 3. The Morgan fingerprint density at radius 2 is 1.80 bits per heavy atom. The van der Waals surface area contributed by atoms with E-state index in [0.29, 0.717) is 6.04 Å². The minimum atomic E-state index is 0.111. The minimum absolute atomic E-state index is 0.111. The molecule has 2 aromatic heterocycles. The predicted octanol–water partition coefficient (Wildman–Crippen LogP) is 4.69. The van der Waals surface area contributed by atoms with E-state index >= 15 is 0 Å². The van der Waals surface area contributed by atoms with Crippen molar-refractivity contribution in [2.75, 3.05) is 31.6 Å². The second kappa shape index (κ2) is 10.1. The van der Waals surface area contributed by atoms with Gasteiger partial charge in [0.15, 0.2) is 0 Å². The zero-order valence-electron chi connectivity index (χ0n) is 24.4. The van der Waals surface area contributed by atoms with Crippen molar-refractivity contribution < 1.29 is 0 Å². The molecule has 3 bridgehead atoms. The third kappa shape index (κ3) is 4.30. The third-order valence-corrected chi connectivity index (χ3v) is 9.39. The first kappa shape index (κ1) is 25.8. The molecule has 0 saturated carbocycles. The van der Waals surface area contributed by atoms with Gasteiger partial charge in [0.1, 0.15) is 19.5 Å². The Morgan fingerprint density at radius 1 is 1.00 bits per heavy atom. The molecular formula is C34H37BN6. The lowest BCUT2D eigenvalue weighted by Crippen LogP contribution is -2.46. The first-order valence-corrected chi connectivity index (χ1v) is 14.9. The van der Waals surface area contributed by atoms with Crippen molar-refractivity contribution in [3.8, 4) is 11.3 Å². The summed E-state index contributed by atoms with van der Waals surface area (Å²) in [5.41, 5.74) is 11.6. The second-order valence-corrected chi connectivity index (χ2v) is 11.9. The normalized spacial score (nSPS) is 22.5. The van der Waals surface area contributed by atoms with Crippen LogP contribution in [-0.2, 0) is 6.42 Å². The van der Waals surface area contributed by atoms with Crippen LogP contribution in [0.25, 0.3) is 11.3 Å². The number of amidine groups is 1. The Bertz CT molecular complexity index is 1630. The summed E-state index contributed by atoms with van der Waals surface area (Å²) in [5.74, 6) is 2.05. The molecule has 1 atom stereocenters. The molecule has 0 aliphatic carbocycles. The minimum Gasteiger partial charge on any atom is -0.368 e. The number of hydrogen-bond donors (Lipinski definition) is 0. The molecule has 206 valence electrons. The molecular weight excluding hydrogens is 503 g/mol. The number of piperidine rings is 1. The Labute approximate surface area is 244 Å². The van der Waals surface area contributed by atoms with Gasteiger partial charge in [-0.05, 0) is 42.0 Å². The molecule has 3 aromatic rings. The van der Waals surface area contributed by atoms with Gasteiger partial charge < -0.3 is 14.7 Å². The fraction of sp³-hybridized carbons (Fsp3) is 0.324. The number of hydrogen-bond acceptors (Lipinski definition) is 6. The van der Waals surface area contributed by atoms with E-state index in [1.165, 1.54) is 22.3 Å². The average molecular weight is 541 g/mol. The van der Waals surface area contributed by atoms with E-state index in [4.69, 9.17) is 15.0 Å². The summed E-state index contributed by atoms with van der Waals surface area (Å²) in [5, 5.41) is 0. The predicted molar refractivity (Wildman–Crippen MR) is 171 cm³/mol. The molecule has 0 amide bonds. The van der Waals surface area contributed by atoms with E-state index in [9.17, 15) is 0 Å². The van der Waals surface area contributed by atoms with Crippen molar-refractivity contribution in [1.29, 1.82) is 0 Å². The highest BCUT2D eigenvalue weighted by molar-refractivity contribution is 6.36. The summed E-state index contributed by atoms with van der Waals surface area (Å²) in [7, 11) is 4.34. The summed E-state index contributed by atoms with van der Waals surface area (Å²) in [6, 6.07) is 13.7. The number of allylic oxidation sites excluding steroid dienone is 2. The fourth-order valence-electron chi connectivity index (χ4n) is 7.07. The molecule has 0 N–H and O–H groups in total. The number of rotatable bonds is 1. The zero-order valence-corrected chi connectivity index (χ0v) is 24.4. The molecule has 41 heavy (non-hydrogen) atoms. The van der Waals surface area contributed by atoms with Gasteiger partial charge in [-0.2, -0.15) is 0 Å². The van der Waals surface area contributed by atoms with Crippen LogP contribution in [0.3, 0.4) is 0 Å². The lowest BCUT2D eigenvalue weighted by atomic mass is 9.87. The van der Waals surface area contributed by atoms with Gasteiger partial charge in [-0.3, -0.25) is 4.98 Å². The van der Waals surface area contributed by atoms with E-state index < -0.39 is 0 Å². The number of anilines is 2. The molecule has 6 nitrogen and oxygen atoms in total. The largest absolute Gasteiger partial charge is 0.368 e. The summed E-state index contributed by atoms with van der Waals surface area (Å²) >= 11 is 0. The van der Waals surface area contributed by atoms with Crippen LogP contribution < -0.4 is 10.4 Å². The molecule has 0 spiro atoms. The third-order valence-electron chi connectivity index (χ3n) is 9.39. The van der Waals surface area contributed by atoms with Gasteiger partial charge in [-0.1, -0.05) is 62.0 Å². The number of nitrogens with zero attached hydrogens (tertiary/aromatic N) is 6. The van der Waals surface area contributed by atoms with E-state index in [1.54, 1.807) is 0 Å². The Kier molecular flexibility index (Phi) is 6.33. The summed E-state index contributed by atoms with van der Waals surface area (Å²) in [6.45, 7) is 13.7. The molecule has 2 saturated heterocycles. The molecule has 4 aliphatic heterocycles. The van der Waals surface area contributed by atoms with Crippen LogP contribution in [0.15, 0.2) is 84.3 Å². The maximum atomic E-state index is 5.43. The number of aromatic nitrogens is 2. The van der Waals surface area contributed by atoms with Crippen LogP contribution in [0, 0.1) is 0 Å². The van der Waals surface area contributed by atoms with Gasteiger partial charge in [0.05, 0.1) is 22.6 Å². The SMILES string of the molecule is Bc1cc2c3nc1-c1ccccc1Cc1ccnc(c1N3C)C(C)/C=C/N=C\2N1CCC(N2CCC(=C)C2=C)CC1. The van der Waals surface area contributed by atoms with Crippen molar-refractivity contribution in [2.24, 2.45) is 4.99 Å². The molecule has 6 heterocycles. The Balaban J connectivity index is 1.36. The van der Waals surface area contributed by atoms with Crippen molar-refractivity contribution in [3.63, 3.8) is 0 Å². The molecule has 4 aliphatic rings. The van der Waals surface area contributed by atoms with E-state index in [0.717, 1.165) is 90.8 Å². The highest BCUT2D eigenvalue weighted by Gasteiger charge is 2.33. The standard InChI is InChI=1S/C34H37BN6/c1-21-11-18-41(23(21)3)26-12-16-40(17-13-26)33-28-20-29(35)31-27-8-6-5-7-24(27)19-25-10-15-36-30(22(2)9-14-37-33)32(25)39(4)34(28)38-31/h5-10,14-15,20,22,26H,1,3,11-13,16-19,35H2,2,4H3/b14-9+,37-33+. The zero-order chi connectivity index (χ0) is 28.2. The fourth-order valence-corrected chi connectivity index (χ4v) is 7.07. The topological polar surface area (TPSA) is 47.9 Å². The van der Waals surface area contributed by atoms with E-state index in [2.05, 4.69) is 92.1 Å². The van der Waals surface area contributed by atoms with Gasteiger partial charge in [-0.15, -0.1) is 0 Å². The maximum Gasteiger partial charge on any atom is 0.144 e. The monoisotopic (exact) mass is 540 g/mol. The Hall–Kier alpha value is -4.13. The van der Waals surface area contributed by atoms with Gasteiger partial charge in [0.2, 0.25) is 0 Å². The number of likely N-dealkylation sites (tertiary alicyclic amines) is 2. The van der Waals surface area contributed by atoms with Crippen LogP contribution in [0.1, 0.15) is 54.5 Å². The lowest BCUT2D eigenvalue weighted by molar-refractivity contribution is 0.189. The molecule has 1 aromatic carbocycles. The first-order chi connectivity index (χ1) is 19.9. The highest BCUT2D eigenvalue weighted by Crippen LogP contribution is 2.40. The molecule has 7 rings (SSSR count). The number of pyridine rings is 2. The van der Waals surface area contributed by atoms with E-state index in [-0.39, 0.29) is 5.92 Å². The van der Waals surface area contributed by atoms with Gasteiger partial charge >= 0.3 is 0 Å². The van der Waals surface area contributed by atoms with Crippen LogP contribution in [0.5, 0.6) is 0 Å². The first-order valence-electron chi connectivity index (χ1n) is 14.9. The van der Waals surface area contributed by atoms with Gasteiger partial charge in [0, 0.05) is 68.7 Å². The molecule has 7 heteroatoms. The van der Waals surface area contributed by atoms with Gasteiger partial charge in [-0.25, -0.2) is 9.98 Å². The molecule has 0 radical (unpaired) electrons. The van der Waals surface area contributed by atoms with E-state index in [1.807, 2.05) is 12.4 Å². The summed E-state index contributed by atoms with van der Waals surface area (Å²) in [6.07, 6.45) is 10.1. The summed E-state index contributed by atoms with van der Waals surface area (Å²) in [4.78, 5) is 22.7. The highest BCUT2D eigenvalue weighted by atomic mass is 15.3. The smallest absolute Gasteiger partial charge is 0.144 e. The average Bonchev–Trinajstić information content (AvgIpc) is 3.33. The maximum absolute atomic E-state index is 5.43. The van der Waals surface area contributed by atoms with Crippen molar-refractivity contribution in [2.45, 2.75) is 44.6 Å². The number of benzene rings is 1. The Morgan fingerprint density at radius 3 is 2.59 bits per heavy atom. The second-order valence-electron chi connectivity index (χ2n) is 11.9. The molecule has 2 fully saturated rings. The quantitative estimate of drug-likeness (QED) is 0.420. The van der Waals surface area contributed by atoms with Crippen LogP contribution >= 0.6 is 0 Å². The lowest BCUT2D eigenvalue weighted by Gasteiger charge is -2.40. The van der Waals surface area contributed by atoms with Crippen LogP contribution in [-0.4, -0.2) is 66.2 Å². The van der Waals surface area contributed by atoms with Crippen LogP contribution in [0.4, 0.5) is 11.5 Å². The molecule has 1 unspecified atom stereocenters. The van der Waals surface area contributed by atoms with Gasteiger partial charge in [0.25, 0.3) is 0 Å². The van der Waals surface area contributed by atoms with Crippen LogP contribution in [0.2, 0.25) is 0 Å².